The number of halogens is 1. The van der Waals surface area contributed by atoms with Crippen LogP contribution in [0.2, 0.25) is 5.02 Å². The van der Waals surface area contributed by atoms with Gasteiger partial charge < -0.3 is 9.84 Å². The Kier molecular flexibility index (Phi) is 5.58. The second kappa shape index (κ2) is 7.32. The molecule has 0 saturated heterocycles. The largest absolute Gasteiger partial charge is 0.480 e. The van der Waals surface area contributed by atoms with Crippen LogP contribution in [0.3, 0.4) is 0 Å². The lowest BCUT2D eigenvalue weighted by Gasteiger charge is -2.11. The molecule has 136 valence electrons. The molecule has 1 heterocycles. The number of aryl methyl sites for hydroxylation is 2. The van der Waals surface area contributed by atoms with Crippen molar-refractivity contribution in [3.8, 4) is 5.75 Å². The van der Waals surface area contributed by atoms with E-state index in [1.165, 1.54) is 18.2 Å². The van der Waals surface area contributed by atoms with Gasteiger partial charge in [0.1, 0.15) is 5.75 Å². The monoisotopic (exact) mass is 387 g/mol. The first-order chi connectivity index (χ1) is 11.7. The second-order valence-electron chi connectivity index (χ2n) is 5.24. The van der Waals surface area contributed by atoms with Crippen molar-refractivity contribution in [3.05, 3.63) is 34.6 Å². The number of sulfonamides is 1. The summed E-state index contributed by atoms with van der Waals surface area (Å²) in [7, 11) is -3.88. The molecule has 2 rings (SSSR count). The van der Waals surface area contributed by atoms with Crippen LogP contribution in [0.4, 0.5) is 5.69 Å². The maximum atomic E-state index is 12.6. The van der Waals surface area contributed by atoms with Crippen LogP contribution in [0.15, 0.2) is 23.1 Å². The number of carbonyl (C=O) groups is 1. The van der Waals surface area contributed by atoms with Crippen LogP contribution in [0.1, 0.15) is 18.3 Å². The van der Waals surface area contributed by atoms with Gasteiger partial charge in [0.25, 0.3) is 10.0 Å². The van der Waals surface area contributed by atoms with Gasteiger partial charge in [-0.3, -0.25) is 9.40 Å². The zero-order valence-corrected chi connectivity index (χ0v) is 15.5. The van der Waals surface area contributed by atoms with E-state index in [-0.39, 0.29) is 15.7 Å². The Morgan fingerprint density at radius 1 is 1.40 bits per heavy atom. The molecule has 10 heteroatoms. The number of rotatable bonds is 7. The highest BCUT2D eigenvalue weighted by Gasteiger charge is 2.21. The predicted molar refractivity (Wildman–Crippen MR) is 92.8 cm³/mol. The van der Waals surface area contributed by atoms with E-state index in [0.29, 0.717) is 23.6 Å². The molecule has 0 atom stereocenters. The van der Waals surface area contributed by atoms with Gasteiger partial charge in [-0.25, -0.2) is 13.2 Å². The van der Waals surface area contributed by atoms with Crippen molar-refractivity contribution in [1.82, 2.24) is 9.78 Å². The maximum absolute atomic E-state index is 12.6. The molecule has 8 nitrogen and oxygen atoms in total. The minimum Gasteiger partial charge on any atom is -0.480 e. The highest BCUT2D eigenvalue weighted by atomic mass is 35.5. The average Bonchev–Trinajstić information content (AvgIpc) is 2.80. The van der Waals surface area contributed by atoms with Gasteiger partial charge in [-0.2, -0.15) is 5.10 Å². The van der Waals surface area contributed by atoms with E-state index in [2.05, 4.69) is 9.82 Å². The third kappa shape index (κ3) is 4.23. The van der Waals surface area contributed by atoms with Crippen molar-refractivity contribution in [2.24, 2.45) is 0 Å². The fraction of sp³-hybridized carbons (Fsp3) is 0.333. The normalized spacial score (nSPS) is 11.4. The van der Waals surface area contributed by atoms with Crippen molar-refractivity contribution in [1.29, 1.82) is 0 Å². The van der Waals surface area contributed by atoms with Crippen LogP contribution < -0.4 is 9.46 Å². The molecule has 1 aromatic heterocycles. The van der Waals surface area contributed by atoms with Gasteiger partial charge in [-0.05, 0) is 39.0 Å². The van der Waals surface area contributed by atoms with Crippen LogP contribution in [-0.4, -0.2) is 35.9 Å². The molecule has 0 aliphatic rings. The number of aliphatic carboxylic acids is 1. The summed E-state index contributed by atoms with van der Waals surface area (Å²) in [4.78, 5) is 10.5. The number of carboxylic acid groups (broad SMARTS) is 1. The number of nitrogens with zero attached hydrogens (tertiary/aromatic N) is 2. The van der Waals surface area contributed by atoms with E-state index >= 15 is 0 Å². The first-order valence-corrected chi connectivity index (χ1v) is 9.22. The van der Waals surface area contributed by atoms with E-state index in [1.54, 1.807) is 18.5 Å². The van der Waals surface area contributed by atoms with Gasteiger partial charge >= 0.3 is 5.97 Å². The highest BCUT2D eigenvalue weighted by molar-refractivity contribution is 7.92. The summed E-state index contributed by atoms with van der Waals surface area (Å²) in [6, 6.07) is 3.81. The fourth-order valence-electron chi connectivity index (χ4n) is 2.25. The van der Waals surface area contributed by atoms with Crippen molar-refractivity contribution in [3.63, 3.8) is 0 Å². The molecule has 0 saturated carbocycles. The molecule has 1 aromatic carbocycles. The number of nitrogens with one attached hydrogen (secondary N) is 1. The zero-order chi connectivity index (χ0) is 18.8. The van der Waals surface area contributed by atoms with Gasteiger partial charge in [0.05, 0.1) is 27.0 Å². The third-order valence-corrected chi connectivity index (χ3v) is 5.13. The highest BCUT2D eigenvalue weighted by Crippen LogP contribution is 2.29. The number of benzene rings is 1. The van der Waals surface area contributed by atoms with Crippen LogP contribution in [-0.2, 0) is 21.4 Å². The number of carboxylic acids is 1. The van der Waals surface area contributed by atoms with E-state index in [1.807, 2.05) is 6.92 Å². The predicted octanol–water partition coefficient (Wildman–Crippen LogP) is 2.44. The zero-order valence-electron chi connectivity index (χ0n) is 13.9. The average molecular weight is 388 g/mol. The molecule has 2 aromatic rings. The molecule has 0 unspecified atom stereocenters. The summed E-state index contributed by atoms with van der Waals surface area (Å²) in [6.07, 6.45) is 0. The summed E-state index contributed by atoms with van der Waals surface area (Å²) in [5.41, 5.74) is 1.69. The Morgan fingerprint density at radius 3 is 2.60 bits per heavy atom. The Morgan fingerprint density at radius 2 is 2.08 bits per heavy atom. The van der Waals surface area contributed by atoms with Gasteiger partial charge in [0.2, 0.25) is 0 Å². The van der Waals surface area contributed by atoms with E-state index in [9.17, 15) is 13.2 Å². The summed E-state index contributed by atoms with van der Waals surface area (Å²) in [5.74, 6) is -1.07. The molecule has 0 bridgehead atoms. The summed E-state index contributed by atoms with van der Waals surface area (Å²) in [6.45, 7) is 5.45. The first kappa shape index (κ1) is 19.1. The Labute approximate surface area is 150 Å². The van der Waals surface area contributed by atoms with E-state index < -0.39 is 22.6 Å². The van der Waals surface area contributed by atoms with Gasteiger partial charge in [-0.15, -0.1) is 0 Å². The van der Waals surface area contributed by atoms with Gasteiger partial charge in [0, 0.05) is 6.54 Å². The molecule has 0 fully saturated rings. The van der Waals surface area contributed by atoms with Gasteiger partial charge in [0.15, 0.2) is 6.61 Å². The third-order valence-electron chi connectivity index (χ3n) is 3.48. The first-order valence-electron chi connectivity index (χ1n) is 7.36. The van der Waals surface area contributed by atoms with Crippen molar-refractivity contribution < 1.29 is 23.1 Å². The molecule has 0 amide bonds. The molecule has 2 N–H and O–H groups in total. The second-order valence-corrected chi connectivity index (χ2v) is 7.33. The molecule has 0 radical (unpaired) electrons. The van der Waals surface area contributed by atoms with Crippen LogP contribution in [0.5, 0.6) is 5.75 Å². The van der Waals surface area contributed by atoms with E-state index in [0.717, 1.165) is 0 Å². The molecular formula is C15H18ClN3O5S. The summed E-state index contributed by atoms with van der Waals surface area (Å²) < 4.78 is 34.4. The number of hydrogen-bond acceptors (Lipinski definition) is 5. The minimum absolute atomic E-state index is 0.00169. The van der Waals surface area contributed by atoms with Crippen LogP contribution in [0, 0.1) is 13.8 Å². The summed E-state index contributed by atoms with van der Waals surface area (Å²) >= 11 is 5.98. The smallest absolute Gasteiger partial charge is 0.341 e. The summed E-state index contributed by atoms with van der Waals surface area (Å²) in [5, 5.41) is 12.9. The van der Waals surface area contributed by atoms with Gasteiger partial charge in [-0.1, -0.05) is 11.6 Å². The molecule has 0 aliphatic heterocycles. The van der Waals surface area contributed by atoms with Crippen molar-refractivity contribution >= 4 is 33.3 Å². The molecular weight excluding hydrogens is 370 g/mol. The number of aromatic nitrogens is 2. The molecule has 0 aliphatic carbocycles. The lowest BCUT2D eigenvalue weighted by Crippen LogP contribution is -2.14. The topological polar surface area (TPSA) is 111 Å². The lowest BCUT2D eigenvalue weighted by molar-refractivity contribution is -0.139. The number of ether oxygens (including phenoxy) is 1. The van der Waals surface area contributed by atoms with Crippen LogP contribution >= 0.6 is 11.6 Å². The Balaban J connectivity index is 2.30. The molecule has 25 heavy (non-hydrogen) atoms. The fourth-order valence-corrected chi connectivity index (χ4v) is 3.75. The quantitative estimate of drug-likeness (QED) is 0.754. The number of anilines is 1. The Bertz CT molecular complexity index is 908. The maximum Gasteiger partial charge on any atom is 0.341 e. The Hall–Kier alpha value is -2.26. The lowest BCUT2D eigenvalue weighted by atomic mass is 10.3. The molecule has 0 spiro atoms. The van der Waals surface area contributed by atoms with E-state index in [4.69, 9.17) is 21.4 Å². The minimum atomic E-state index is -3.88. The van der Waals surface area contributed by atoms with Crippen molar-refractivity contribution in [2.75, 3.05) is 11.3 Å². The van der Waals surface area contributed by atoms with Crippen molar-refractivity contribution in [2.45, 2.75) is 32.2 Å². The SMILES string of the molecule is CCn1nc(C)c(NS(=O)(=O)c2ccc(OCC(=O)O)c(Cl)c2)c1C. The van der Waals surface area contributed by atoms with Crippen LogP contribution in [0.25, 0.3) is 0 Å². The standard InChI is InChI=1S/C15H18ClN3O5S/c1-4-19-10(3)15(9(2)17-19)18-25(22,23)11-5-6-13(12(16)7-11)24-8-14(20)21/h5-7,18H,4,8H2,1-3H3,(H,20,21). The number of hydrogen-bond donors (Lipinski definition) is 2.